The van der Waals surface area contributed by atoms with Gasteiger partial charge in [-0.1, -0.05) is 19.8 Å². The van der Waals surface area contributed by atoms with Gasteiger partial charge in [-0.15, -0.1) is 0 Å². The Morgan fingerprint density at radius 1 is 1.19 bits per heavy atom. The van der Waals surface area contributed by atoms with Crippen molar-refractivity contribution in [1.82, 2.24) is 4.90 Å². The number of aliphatic hydroxyl groups excluding tert-OH is 1. The van der Waals surface area contributed by atoms with Crippen molar-refractivity contribution in [2.45, 2.75) is 63.6 Å². The quantitative estimate of drug-likeness (QED) is 0.592. The van der Waals surface area contributed by atoms with Crippen LogP contribution in [0.2, 0.25) is 0 Å². The molecule has 2 heterocycles. The minimum atomic E-state index is -0.903. The van der Waals surface area contributed by atoms with Gasteiger partial charge < -0.3 is 9.84 Å². The highest BCUT2D eigenvalue weighted by atomic mass is 16.5. The molecule has 2 aliphatic rings. The van der Waals surface area contributed by atoms with E-state index in [0.29, 0.717) is 6.42 Å². The zero-order valence-corrected chi connectivity index (χ0v) is 13.2. The molecule has 0 aromatic carbocycles. The maximum Gasteiger partial charge on any atom is 0.312 e. The molecular weight excluding hydrogens is 270 g/mol. The fourth-order valence-corrected chi connectivity index (χ4v) is 4.09. The highest BCUT2D eigenvalue weighted by Crippen LogP contribution is 2.43. The molecule has 120 valence electrons. The average molecular weight is 297 g/mol. The Morgan fingerprint density at radius 2 is 1.81 bits per heavy atom. The Morgan fingerprint density at radius 3 is 2.38 bits per heavy atom. The van der Waals surface area contributed by atoms with Gasteiger partial charge in [-0.05, 0) is 26.3 Å². The molecule has 2 rings (SSSR count). The normalized spacial score (nSPS) is 35.7. The van der Waals surface area contributed by atoms with Gasteiger partial charge in [0, 0.05) is 18.5 Å². The molecule has 2 bridgehead atoms. The summed E-state index contributed by atoms with van der Waals surface area (Å²) in [5.74, 6) is -1.35. The predicted molar refractivity (Wildman–Crippen MR) is 78.7 cm³/mol. The lowest BCUT2D eigenvalue weighted by atomic mass is 9.77. The van der Waals surface area contributed by atoms with E-state index in [2.05, 4.69) is 11.8 Å². The van der Waals surface area contributed by atoms with Crippen molar-refractivity contribution in [3.05, 3.63) is 0 Å². The van der Waals surface area contributed by atoms with Crippen LogP contribution in [0.4, 0.5) is 0 Å². The van der Waals surface area contributed by atoms with E-state index in [1.54, 1.807) is 0 Å². The van der Waals surface area contributed by atoms with Crippen LogP contribution in [0, 0.1) is 11.8 Å². The van der Waals surface area contributed by atoms with E-state index in [4.69, 9.17) is 4.74 Å². The summed E-state index contributed by atoms with van der Waals surface area (Å²) in [4.78, 5) is 26.7. The van der Waals surface area contributed by atoms with Crippen molar-refractivity contribution in [3.8, 4) is 0 Å². The number of esters is 1. The second-order valence-electron chi connectivity index (χ2n) is 6.37. The molecule has 21 heavy (non-hydrogen) atoms. The molecule has 0 radical (unpaired) electrons. The second-order valence-corrected chi connectivity index (χ2v) is 6.37. The van der Waals surface area contributed by atoms with Crippen LogP contribution < -0.4 is 0 Å². The van der Waals surface area contributed by atoms with Crippen LogP contribution in [-0.4, -0.2) is 54.1 Å². The van der Waals surface area contributed by atoms with Crippen LogP contribution in [0.3, 0.4) is 0 Å². The zero-order chi connectivity index (χ0) is 15.6. The summed E-state index contributed by atoms with van der Waals surface area (Å²) < 4.78 is 4.85. The van der Waals surface area contributed by atoms with Crippen molar-refractivity contribution in [2.24, 2.45) is 11.8 Å². The molecule has 1 unspecified atom stereocenters. The number of hydrogen-bond acceptors (Lipinski definition) is 5. The number of carbonyl (C=O) groups is 2. The third kappa shape index (κ3) is 2.99. The van der Waals surface area contributed by atoms with E-state index in [-0.39, 0.29) is 17.9 Å². The molecular formula is C16H27NO4. The van der Waals surface area contributed by atoms with E-state index >= 15 is 0 Å². The molecule has 0 spiro atoms. The highest BCUT2D eigenvalue weighted by molar-refractivity contribution is 5.84. The molecule has 2 aliphatic heterocycles. The summed E-state index contributed by atoms with van der Waals surface area (Å²) in [6.45, 7) is 2.10. The number of methoxy groups -OCH3 is 1. The lowest BCUT2D eigenvalue weighted by molar-refractivity contribution is -0.162. The number of hydrogen-bond donors (Lipinski definition) is 1. The average Bonchev–Trinajstić information content (AvgIpc) is 2.73. The number of Topliss-reactive ketones (excluding diaryl/α,β-unsaturated/α-hetero) is 1. The summed E-state index contributed by atoms with van der Waals surface area (Å²) in [5.41, 5.74) is 0. The summed E-state index contributed by atoms with van der Waals surface area (Å²) in [7, 11) is 3.30. The second kappa shape index (κ2) is 6.88. The van der Waals surface area contributed by atoms with Gasteiger partial charge in [0.1, 0.15) is 5.78 Å². The number of carbonyl (C=O) groups excluding carboxylic acids is 2. The predicted octanol–water partition coefficient (Wildman–Crippen LogP) is 1.38. The van der Waals surface area contributed by atoms with Gasteiger partial charge in [-0.3, -0.25) is 14.5 Å². The number of unbranched alkanes of at least 4 members (excludes halogenated alkanes) is 2. The molecule has 0 amide bonds. The number of piperidine rings is 1. The maximum absolute atomic E-state index is 12.5. The van der Waals surface area contributed by atoms with Gasteiger partial charge in [0.2, 0.25) is 0 Å². The van der Waals surface area contributed by atoms with Gasteiger partial charge in [0.05, 0.1) is 25.0 Å². The smallest absolute Gasteiger partial charge is 0.312 e. The first-order chi connectivity index (χ1) is 10.0. The number of fused-ring (bicyclic) bond motifs is 2. The van der Waals surface area contributed by atoms with Gasteiger partial charge in [-0.2, -0.15) is 0 Å². The van der Waals surface area contributed by atoms with Crippen LogP contribution in [0.1, 0.15) is 45.4 Å². The largest absolute Gasteiger partial charge is 0.469 e. The number of rotatable bonds is 6. The van der Waals surface area contributed by atoms with Crippen LogP contribution in [0.15, 0.2) is 0 Å². The van der Waals surface area contributed by atoms with E-state index in [1.165, 1.54) is 7.11 Å². The Hall–Kier alpha value is -0.940. The minimum absolute atomic E-state index is 0.00265. The van der Waals surface area contributed by atoms with Crippen molar-refractivity contribution in [1.29, 1.82) is 0 Å². The minimum Gasteiger partial charge on any atom is -0.469 e. The Bertz CT molecular complexity index is 398. The Kier molecular flexibility index (Phi) is 5.38. The molecule has 0 aromatic heterocycles. The highest BCUT2D eigenvalue weighted by Gasteiger charge is 2.55. The van der Waals surface area contributed by atoms with Crippen LogP contribution in [0.5, 0.6) is 0 Å². The fraction of sp³-hybridized carbons (Fsp3) is 0.875. The van der Waals surface area contributed by atoms with Gasteiger partial charge in [0.25, 0.3) is 0 Å². The monoisotopic (exact) mass is 297 g/mol. The van der Waals surface area contributed by atoms with Crippen LogP contribution in [0.25, 0.3) is 0 Å². The molecule has 5 nitrogen and oxygen atoms in total. The first kappa shape index (κ1) is 16.4. The molecule has 0 saturated carbocycles. The standard InChI is InChI=1S/C16H27NO4/c1-4-5-6-7-12(18)13-10-8-9-11(17(10)2)14(15(13)19)16(20)21-3/h10-11,13-15,19H,4-9H2,1-3H3/t10-,11+,13?,14+,15-/m0/s1. The number of ether oxygens (including phenoxy) is 1. The number of ketones is 1. The summed E-state index contributed by atoms with van der Waals surface area (Å²) in [6, 6.07) is 0.0668. The van der Waals surface area contributed by atoms with E-state index in [9.17, 15) is 14.7 Å². The fourth-order valence-electron chi connectivity index (χ4n) is 4.09. The Labute approximate surface area is 126 Å². The van der Waals surface area contributed by atoms with Crippen molar-refractivity contribution >= 4 is 11.8 Å². The molecule has 0 aromatic rings. The molecule has 5 atom stereocenters. The van der Waals surface area contributed by atoms with Crippen molar-refractivity contribution in [2.75, 3.05) is 14.2 Å². The van der Waals surface area contributed by atoms with Crippen LogP contribution >= 0.6 is 0 Å². The third-order valence-corrected chi connectivity index (χ3v) is 5.24. The lowest BCUT2D eigenvalue weighted by Gasteiger charge is -2.44. The molecule has 2 saturated heterocycles. The number of aliphatic hydroxyl groups is 1. The van der Waals surface area contributed by atoms with Gasteiger partial charge in [-0.25, -0.2) is 0 Å². The molecule has 0 aliphatic carbocycles. The van der Waals surface area contributed by atoms with Gasteiger partial charge >= 0.3 is 5.97 Å². The molecule has 1 N–H and O–H groups in total. The first-order valence-corrected chi connectivity index (χ1v) is 8.03. The van der Waals surface area contributed by atoms with Crippen LogP contribution in [-0.2, 0) is 14.3 Å². The molecule has 2 fully saturated rings. The SMILES string of the molecule is CCCCCC(=O)C1[C@H](O)[C@H](C(=O)OC)[C@H]2CC[C@@H]1N2C. The third-order valence-electron chi connectivity index (χ3n) is 5.24. The van der Waals surface area contributed by atoms with Gasteiger partial charge in [0.15, 0.2) is 0 Å². The Balaban J connectivity index is 2.15. The molecule has 5 heteroatoms. The first-order valence-electron chi connectivity index (χ1n) is 8.03. The number of nitrogens with zero attached hydrogens (tertiary/aromatic N) is 1. The van der Waals surface area contributed by atoms with E-state index in [0.717, 1.165) is 32.1 Å². The van der Waals surface area contributed by atoms with E-state index < -0.39 is 23.9 Å². The van der Waals surface area contributed by atoms with Crippen molar-refractivity contribution in [3.63, 3.8) is 0 Å². The van der Waals surface area contributed by atoms with Crippen molar-refractivity contribution < 1.29 is 19.4 Å². The van der Waals surface area contributed by atoms with E-state index in [1.807, 2.05) is 7.05 Å². The topological polar surface area (TPSA) is 66.8 Å². The summed E-state index contributed by atoms with van der Waals surface area (Å²) in [5, 5.41) is 10.6. The summed E-state index contributed by atoms with van der Waals surface area (Å²) >= 11 is 0. The summed E-state index contributed by atoms with van der Waals surface area (Å²) in [6.07, 6.45) is 4.27. The lowest BCUT2D eigenvalue weighted by Crippen LogP contribution is -2.59. The zero-order valence-electron chi connectivity index (χ0n) is 13.2. The maximum atomic E-state index is 12.5.